The normalized spacial score (nSPS) is 14.4. The molecule has 0 rings (SSSR count). The molecule has 0 aromatic heterocycles. The minimum absolute atomic E-state index is 0.0620. The lowest BCUT2D eigenvalue weighted by atomic mass is 10.0. The van der Waals surface area contributed by atoms with Gasteiger partial charge in [0.15, 0.2) is 0 Å². The van der Waals surface area contributed by atoms with Gasteiger partial charge in [-0.15, -0.1) is 0 Å². The third-order valence-corrected chi connectivity index (χ3v) is 12.3. The first kappa shape index (κ1) is 58.7. The first-order valence-corrected chi connectivity index (χ1v) is 26.9. The van der Waals surface area contributed by atoms with Crippen LogP contribution >= 0.6 is 7.82 Å². The van der Waals surface area contributed by atoms with Gasteiger partial charge in [0.05, 0.1) is 39.9 Å². The Balaban J connectivity index is 3.90. The summed E-state index contributed by atoms with van der Waals surface area (Å²) < 4.78 is 23.5. The van der Waals surface area contributed by atoms with Crippen molar-refractivity contribution in [1.82, 2.24) is 5.32 Å². The molecule has 0 aromatic rings. The fraction of sp³-hybridized carbons (Fsp3) is 0.863. The molecule has 354 valence electrons. The summed E-state index contributed by atoms with van der Waals surface area (Å²) >= 11 is 0. The second-order valence-corrected chi connectivity index (χ2v) is 20.0. The Hall–Kier alpha value is -1.28. The molecule has 0 heterocycles. The Kier molecular flexibility index (Phi) is 42.1. The third-order valence-electron chi connectivity index (χ3n) is 11.4. The van der Waals surface area contributed by atoms with Crippen molar-refractivity contribution in [3.8, 4) is 0 Å². The SMILES string of the molecule is CCCCCCC/C=C\C/C=C\CCCCCCCCCCCCCCCCCCCCCC(=O)NC(COP(=O)(O)OCC[N+](C)(C)C)C(O)/C=C/CCCCCCC. The Bertz CT molecular complexity index is 1070. The predicted molar refractivity (Wildman–Crippen MR) is 258 cm³/mol. The molecule has 0 saturated carbocycles. The van der Waals surface area contributed by atoms with Crippen molar-refractivity contribution in [1.29, 1.82) is 0 Å². The van der Waals surface area contributed by atoms with Crippen molar-refractivity contribution in [3.63, 3.8) is 0 Å². The Morgan fingerprint density at radius 1 is 0.567 bits per heavy atom. The van der Waals surface area contributed by atoms with Crippen molar-refractivity contribution in [2.45, 2.75) is 244 Å². The zero-order chi connectivity index (χ0) is 44.3. The van der Waals surface area contributed by atoms with E-state index in [2.05, 4.69) is 43.5 Å². The second kappa shape index (κ2) is 43.0. The van der Waals surface area contributed by atoms with E-state index in [0.717, 1.165) is 44.9 Å². The molecular formula is C51H100N2O6P+. The van der Waals surface area contributed by atoms with Crippen LogP contribution in [-0.2, 0) is 18.4 Å². The van der Waals surface area contributed by atoms with Crippen molar-refractivity contribution in [3.05, 3.63) is 36.5 Å². The third kappa shape index (κ3) is 44.8. The average Bonchev–Trinajstić information content (AvgIpc) is 3.20. The number of quaternary nitrogens is 1. The summed E-state index contributed by atoms with van der Waals surface area (Å²) in [5, 5.41) is 13.7. The highest BCUT2D eigenvalue weighted by molar-refractivity contribution is 7.47. The minimum Gasteiger partial charge on any atom is -0.387 e. The number of hydrogen-bond acceptors (Lipinski definition) is 5. The fourth-order valence-corrected chi connectivity index (χ4v) is 8.04. The van der Waals surface area contributed by atoms with Gasteiger partial charge in [-0.1, -0.05) is 211 Å². The van der Waals surface area contributed by atoms with E-state index in [9.17, 15) is 19.4 Å². The standard InChI is InChI=1S/C51H99N2O6P/c1-6-8-10-12-14-15-16-17-18-19-20-21-22-23-24-25-26-27-28-29-30-31-32-33-34-35-36-37-39-41-43-45-51(55)52-49(50(54)44-42-40-38-13-11-9-7-2)48-59-60(56,57)58-47-46-53(3,4)5/h16-17,19-20,42,44,49-50,54H,6-15,18,21-41,43,45-48H2,1-5H3,(H-,52,55,56,57)/p+1/b17-16-,20-19-,44-42+. The summed E-state index contributed by atoms with van der Waals surface area (Å²) in [6.45, 7) is 4.75. The van der Waals surface area contributed by atoms with E-state index in [0.29, 0.717) is 17.4 Å². The molecule has 8 nitrogen and oxygen atoms in total. The van der Waals surface area contributed by atoms with Crippen molar-refractivity contribution in [2.75, 3.05) is 40.9 Å². The molecule has 0 aromatic carbocycles. The number of allylic oxidation sites excluding steroid dienone is 5. The van der Waals surface area contributed by atoms with Gasteiger partial charge >= 0.3 is 7.82 Å². The Labute approximate surface area is 372 Å². The van der Waals surface area contributed by atoms with Crippen molar-refractivity contribution in [2.24, 2.45) is 0 Å². The summed E-state index contributed by atoms with van der Waals surface area (Å²) in [6.07, 6.45) is 54.1. The molecule has 0 bridgehead atoms. The maximum atomic E-state index is 12.8. The van der Waals surface area contributed by atoms with E-state index in [-0.39, 0.29) is 19.1 Å². The Morgan fingerprint density at radius 3 is 1.37 bits per heavy atom. The topological polar surface area (TPSA) is 105 Å². The number of rotatable bonds is 46. The number of nitrogens with one attached hydrogen (secondary N) is 1. The summed E-state index contributed by atoms with van der Waals surface area (Å²) in [7, 11) is 1.57. The molecular weight excluding hydrogens is 768 g/mol. The molecule has 0 aliphatic rings. The lowest BCUT2D eigenvalue weighted by Gasteiger charge is -2.25. The molecule has 0 fully saturated rings. The number of hydrogen-bond donors (Lipinski definition) is 3. The summed E-state index contributed by atoms with van der Waals surface area (Å²) in [5.41, 5.74) is 0. The van der Waals surface area contributed by atoms with Gasteiger partial charge in [-0.2, -0.15) is 0 Å². The molecule has 0 radical (unpaired) electrons. The van der Waals surface area contributed by atoms with E-state index in [4.69, 9.17) is 9.05 Å². The van der Waals surface area contributed by atoms with Crippen LogP contribution in [0.4, 0.5) is 0 Å². The lowest BCUT2D eigenvalue weighted by molar-refractivity contribution is -0.870. The van der Waals surface area contributed by atoms with Crippen LogP contribution < -0.4 is 5.32 Å². The highest BCUT2D eigenvalue weighted by Gasteiger charge is 2.27. The molecule has 3 N–H and O–H groups in total. The summed E-state index contributed by atoms with van der Waals surface area (Å²) in [6, 6.07) is -0.841. The van der Waals surface area contributed by atoms with Gasteiger partial charge in [0.1, 0.15) is 13.2 Å². The highest BCUT2D eigenvalue weighted by atomic mass is 31.2. The van der Waals surface area contributed by atoms with E-state index in [1.165, 1.54) is 167 Å². The lowest BCUT2D eigenvalue weighted by Crippen LogP contribution is -2.45. The first-order chi connectivity index (χ1) is 29.0. The van der Waals surface area contributed by atoms with Gasteiger partial charge in [0.25, 0.3) is 0 Å². The summed E-state index contributed by atoms with van der Waals surface area (Å²) in [5.74, 6) is -0.179. The van der Waals surface area contributed by atoms with Crippen LogP contribution in [0.3, 0.4) is 0 Å². The summed E-state index contributed by atoms with van der Waals surface area (Å²) in [4.78, 5) is 23.0. The number of aliphatic hydroxyl groups is 1. The van der Waals surface area contributed by atoms with Crippen LogP contribution in [0.5, 0.6) is 0 Å². The molecule has 0 aliphatic heterocycles. The maximum Gasteiger partial charge on any atom is 0.472 e. The first-order valence-electron chi connectivity index (χ1n) is 25.4. The number of aliphatic hydroxyl groups excluding tert-OH is 1. The van der Waals surface area contributed by atoms with Gasteiger partial charge in [-0.05, 0) is 51.4 Å². The largest absolute Gasteiger partial charge is 0.472 e. The Morgan fingerprint density at radius 2 is 0.950 bits per heavy atom. The van der Waals surface area contributed by atoms with Gasteiger partial charge < -0.3 is 19.8 Å². The van der Waals surface area contributed by atoms with Crippen LogP contribution in [0.2, 0.25) is 0 Å². The number of carbonyl (C=O) groups excluding carboxylic acids is 1. The monoisotopic (exact) mass is 868 g/mol. The fourth-order valence-electron chi connectivity index (χ4n) is 7.31. The predicted octanol–water partition coefficient (Wildman–Crippen LogP) is 14.6. The number of nitrogens with zero attached hydrogens (tertiary/aromatic N) is 1. The molecule has 3 atom stereocenters. The molecule has 1 amide bonds. The van der Waals surface area contributed by atoms with Crippen LogP contribution in [0, 0.1) is 0 Å². The molecule has 9 heteroatoms. The van der Waals surface area contributed by atoms with Crippen LogP contribution in [0.15, 0.2) is 36.5 Å². The van der Waals surface area contributed by atoms with E-state index in [1.54, 1.807) is 6.08 Å². The van der Waals surface area contributed by atoms with Gasteiger partial charge in [0.2, 0.25) is 5.91 Å². The second-order valence-electron chi connectivity index (χ2n) is 18.5. The highest BCUT2D eigenvalue weighted by Crippen LogP contribution is 2.43. The molecule has 3 unspecified atom stereocenters. The van der Waals surface area contributed by atoms with Gasteiger partial charge in [-0.3, -0.25) is 13.8 Å². The molecule has 0 spiro atoms. The molecule has 0 saturated heterocycles. The minimum atomic E-state index is -4.33. The maximum absolute atomic E-state index is 12.8. The van der Waals surface area contributed by atoms with Crippen LogP contribution in [-0.4, -0.2) is 73.4 Å². The molecule has 60 heavy (non-hydrogen) atoms. The van der Waals surface area contributed by atoms with Gasteiger partial charge in [0, 0.05) is 6.42 Å². The number of likely N-dealkylation sites (N-methyl/N-ethyl adjacent to an activating group) is 1. The number of phosphoric acid groups is 1. The smallest absolute Gasteiger partial charge is 0.387 e. The number of carbonyl (C=O) groups is 1. The van der Waals surface area contributed by atoms with Crippen molar-refractivity contribution >= 4 is 13.7 Å². The van der Waals surface area contributed by atoms with E-state index >= 15 is 0 Å². The van der Waals surface area contributed by atoms with Crippen LogP contribution in [0.25, 0.3) is 0 Å². The number of amides is 1. The van der Waals surface area contributed by atoms with Crippen molar-refractivity contribution < 1.29 is 32.9 Å². The van der Waals surface area contributed by atoms with E-state index in [1.807, 2.05) is 27.2 Å². The molecule has 0 aliphatic carbocycles. The van der Waals surface area contributed by atoms with E-state index < -0.39 is 20.0 Å². The zero-order valence-corrected chi connectivity index (χ0v) is 41.1. The quantitative estimate of drug-likeness (QED) is 0.0244. The number of unbranched alkanes of at least 4 members (excludes halogenated alkanes) is 29. The average molecular weight is 868 g/mol. The zero-order valence-electron chi connectivity index (χ0n) is 40.2. The number of phosphoric ester groups is 1. The van der Waals surface area contributed by atoms with Gasteiger partial charge in [-0.25, -0.2) is 4.57 Å². The van der Waals surface area contributed by atoms with Crippen LogP contribution in [0.1, 0.15) is 232 Å².